The van der Waals surface area contributed by atoms with E-state index in [9.17, 15) is 4.79 Å². The van der Waals surface area contributed by atoms with Crippen LogP contribution in [-0.2, 0) is 6.42 Å². The van der Waals surface area contributed by atoms with Crippen LogP contribution >= 0.6 is 0 Å². The number of hydrogen-bond donors (Lipinski definition) is 1. The van der Waals surface area contributed by atoms with Crippen LogP contribution in [0.25, 0.3) is 0 Å². The molecule has 0 atom stereocenters. The molecule has 4 heteroatoms. The van der Waals surface area contributed by atoms with Gasteiger partial charge in [0.15, 0.2) is 5.89 Å². The smallest absolute Gasteiger partial charge is 0.288 e. The van der Waals surface area contributed by atoms with E-state index in [1.165, 1.54) is 6.20 Å². The first kappa shape index (κ1) is 7.78. The molecule has 1 aromatic heterocycles. The van der Waals surface area contributed by atoms with Crippen molar-refractivity contribution in [3.8, 4) is 0 Å². The molecule has 1 amide bonds. The highest BCUT2D eigenvalue weighted by Crippen LogP contribution is 2.02. The van der Waals surface area contributed by atoms with Crippen LogP contribution in [0.3, 0.4) is 0 Å². The molecule has 0 saturated carbocycles. The van der Waals surface area contributed by atoms with Crippen molar-refractivity contribution in [1.82, 2.24) is 10.3 Å². The number of oxazole rings is 1. The van der Waals surface area contributed by atoms with Crippen molar-refractivity contribution in [1.29, 1.82) is 0 Å². The SMILES string of the molecule is CCc1ncc(C(=O)NC)o1.[HH]. The van der Waals surface area contributed by atoms with Crippen molar-refractivity contribution in [2.75, 3.05) is 7.05 Å². The lowest BCUT2D eigenvalue weighted by molar-refractivity contribution is 0.0934. The Kier molecular flexibility index (Phi) is 2.25. The Labute approximate surface area is 66.1 Å². The summed E-state index contributed by atoms with van der Waals surface area (Å²) in [6.45, 7) is 1.92. The molecule has 1 N–H and O–H groups in total. The minimum absolute atomic E-state index is 0. The first-order valence-electron chi connectivity index (χ1n) is 3.44. The molecule has 0 fully saturated rings. The maximum atomic E-state index is 10.9. The molecule has 0 spiro atoms. The van der Waals surface area contributed by atoms with E-state index in [-0.39, 0.29) is 13.1 Å². The Morgan fingerprint density at radius 2 is 2.64 bits per heavy atom. The van der Waals surface area contributed by atoms with Crippen molar-refractivity contribution >= 4 is 5.91 Å². The summed E-state index contributed by atoms with van der Waals surface area (Å²) in [7, 11) is 1.55. The van der Waals surface area contributed by atoms with Gasteiger partial charge in [0.25, 0.3) is 5.91 Å². The molecule has 1 aromatic rings. The molecule has 0 bridgehead atoms. The number of carbonyl (C=O) groups excluding carboxylic acids is 1. The molecular formula is C7H12N2O2. The van der Waals surface area contributed by atoms with Crippen LogP contribution in [0.2, 0.25) is 0 Å². The Bertz CT molecular complexity index is 260. The molecule has 0 unspecified atom stereocenters. The van der Waals surface area contributed by atoms with Gasteiger partial charge in [-0.1, -0.05) is 6.92 Å². The van der Waals surface area contributed by atoms with Gasteiger partial charge in [-0.05, 0) is 0 Å². The molecule has 4 nitrogen and oxygen atoms in total. The van der Waals surface area contributed by atoms with Gasteiger partial charge in [0, 0.05) is 14.9 Å². The molecule has 62 valence electrons. The third-order valence-electron chi connectivity index (χ3n) is 1.31. The van der Waals surface area contributed by atoms with E-state index in [0.29, 0.717) is 12.3 Å². The van der Waals surface area contributed by atoms with Crippen molar-refractivity contribution in [3.05, 3.63) is 17.8 Å². The zero-order chi connectivity index (χ0) is 8.27. The number of aryl methyl sites for hydroxylation is 1. The average Bonchev–Trinajstić information content (AvgIpc) is 2.50. The van der Waals surface area contributed by atoms with E-state index in [0.717, 1.165) is 0 Å². The van der Waals surface area contributed by atoms with Crippen molar-refractivity contribution in [2.24, 2.45) is 0 Å². The van der Waals surface area contributed by atoms with Crippen LogP contribution in [0.5, 0.6) is 0 Å². The summed E-state index contributed by atoms with van der Waals surface area (Å²) in [5.41, 5.74) is 0. The van der Waals surface area contributed by atoms with Gasteiger partial charge in [-0.2, -0.15) is 0 Å². The topological polar surface area (TPSA) is 55.1 Å². The quantitative estimate of drug-likeness (QED) is 0.690. The molecular weight excluding hydrogens is 144 g/mol. The fourth-order valence-electron chi connectivity index (χ4n) is 0.702. The number of nitrogens with one attached hydrogen (secondary N) is 1. The van der Waals surface area contributed by atoms with E-state index in [2.05, 4.69) is 10.3 Å². The van der Waals surface area contributed by atoms with Crippen LogP contribution in [0, 0.1) is 0 Å². The standard InChI is InChI=1S/C7H10N2O2.H2/c1-3-6-9-4-5(11-6)7(10)8-2;/h4H,3H2,1-2H3,(H,8,10);1H. The van der Waals surface area contributed by atoms with E-state index >= 15 is 0 Å². The van der Waals surface area contributed by atoms with Crippen LogP contribution in [0.1, 0.15) is 24.8 Å². The van der Waals surface area contributed by atoms with Gasteiger partial charge in [-0.25, -0.2) is 4.98 Å². The maximum Gasteiger partial charge on any atom is 0.288 e. The summed E-state index contributed by atoms with van der Waals surface area (Å²) in [5, 5.41) is 2.45. The second-order valence-corrected chi connectivity index (χ2v) is 2.05. The first-order valence-corrected chi connectivity index (χ1v) is 3.44. The van der Waals surface area contributed by atoms with Gasteiger partial charge >= 0.3 is 0 Å². The van der Waals surface area contributed by atoms with Gasteiger partial charge in [-0.15, -0.1) is 0 Å². The Hall–Kier alpha value is -1.32. The first-order chi connectivity index (χ1) is 5.27. The number of aromatic nitrogens is 1. The lowest BCUT2D eigenvalue weighted by Crippen LogP contribution is -2.16. The molecule has 1 rings (SSSR count). The Morgan fingerprint density at radius 3 is 3.09 bits per heavy atom. The van der Waals surface area contributed by atoms with Gasteiger partial charge in [0.2, 0.25) is 5.76 Å². The number of carbonyl (C=O) groups is 1. The number of rotatable bonds is 2. The summed E-state index contributed by atoms with van der Waals surface area (Å²) in [6.07, 6.45) is 2.13. The maximum absolute atomic E-state index is 10.9. The monoisotopic (exact) mass is 156 g/mol. The van der Waals surface area contributed by atoms with Crippen LogP contribution in [-0.4, -0.2) is 17.9 Å². The Morgan fingerprint density at radius 1 is 1.91 bits per heavy atom. The van der Waals surface area contributed by atoms with Crippen molar-refractivity contribution in [3.63, 3.8) is 0 Å². The highest BCUT2D eigenvalue weighted by molar-refractivity contribution is 5.90. The lowest BCUT2D eigenvalue weighted by atomic mass is 10.5. The van der Waals surface area contributed by atoms with Crippen molar-refractivity contribution < 1.29 is 10.6 Å². The molecule has 0 aliphatic heterocycles. The van der Waals surface area contributed by atoms with Crippen LogP contribution in [0.4, 0.5) is 0 Å². The van der Waals surface area contributed by atoms with Crippen LogP contribution in [0.15, 0.2) is 10.6 Å². The minimum Gasteiger partial charge on any atom is -0.436 e. The number of amides is 1. The second kappa shape index (κ2) is 3.18. The molecule has 0 aliphatic carbocycles. The predicted octanol–water partition coefficient (Wildman–Crippen LogP) is 0.843. The second-order valence-electron chi connectivity index (χ2n) is 2.05. The van der Waals surface area contributed by atoms with Crippen LogP contribution < -0.4 is 5.32 Å². The lowest BCUT2D eigenvalue weighted by Gasteiger charge is -1.90. The van der Waals surface area contributed by atoms with Gasteiger partial charge in [0.1, 0.15) is 0 Å². The molecule has 0 aromatic carbocycles. The summed E-state index contributed by atoms with van der Waals surface area (Å²) in [4.78, 5) is 14.8. The number of nitrogens with zero attached hydrogens (tertiary/aromatic N) is 1. The normalized spacial score (nSPS) is 9.64. The van der Waals surface area contributed by atoms with Crippen molar-refractivity contribution in [2.45, 2.75) is 13.3 Å². The molecule has 1 heterocycles. The summed E-state index contributed by atoms with van der Waals surface area (Å²) in [6, 6.07) is 0. The predicted molar refractivity (Wildman–Crippen MR) is 41.4 cm³/mol. The molecule has 11 heavy (non-hydrogen) atoms. The largest absolute Gasteiger partial charge is 0.436 e. The average molecular weight is 156 g/mol. The zero-order valence-electron chi connectivity index (χ0n) is 6.55. The third-order valence-corrected chi connectivity index (χ3v) is 1.31. The summed E-state index contributed by atoms with van der Waals surface area (Å²) < 4.78 is 5.06. The summed E-state index contributed by atoms with van der Waals surface area (Å²) in [5.74, 6) is 0.616. The highest BCUT2D eigenvalue weighted by Gasteiger charge is 2.08. The fraction of sp³-hybridized carbons (Fsp3) is 0.429. The van der Waals surface area contributed by atoms with E-state index < -0.39 is 0 Å². The van der Waals surface area contributed by atoms with E-state index in [1.807, 2.05) is 6.92 Å². The minimum atomic E-state index is -0.239. The van der Waals surface area contributed by atoms with E-state index in [1.54, 1.807) is 7.05 Å². The third kappa shape index (κ3) is 1.58. The molecule has 0 radical (unpaired) electrons. The van der Waals surface area contributed by atoms with Gasteiger partial charge in [0.05, 0.1) is 6.20 Å². The Balaban J connectivity index is 0.00000121. The zero-order valence-corrected chi connectivity index (χ0v) is 6.55. The summed E-state index contributed by atoms with van der Waals surface area (Å²) >= 11 is 0. The fourth-order valence-corrected chi connectivity index (χ4v) is 0.702. The molecule has 0 aliphatic rings. The van der Waals surface area contributed by atoms with Gasteiger partial charge < -0.3 is 9.73 Å². The highest BCUT2D eigenvalue weighted by atomic mass is 16.4. The number of hydrogen-bond acceptors (Lipinski definition) is 3. The van der Waals surface area contributed by atoms with Gasteiger partial charge in [-0.3, -0.25) is 4.79 Å². The molecule has 0 saturated heterocycles. The van der Waals surface area contributed by atoms with E-state index in [4.69, 9.17) is 4.42 Å².